The van der Waals surface area contributed by atoms with Gasteiger partial charge in [0.1, 0.15) is 0 Å². The van der Waals surface area contributed by atoms with Gasteiger partial charge >= 0.3 is 0 Å². The van der Waals surface area contributed by atoms with Gasteiger partial charge in [-0.25, -0.2) is 0 Å². The van der Waals surface area contributed by atoms with Crippen LogP contribution in [-0.4, -0.2) is 6.54 Å². The molecule has 1 atom stereocenters. The minimum atomic E-state index is 0.398. The van der Waals surface area contributed by atoms with Gasteiger partial charge in [-0.05, 0) is 41.9 Å². The number of fused-ring (bicyclic) bond motifs is 1. The smallest absolute Gasteiger partial charge is 0.0375 e. The summed E-state index contributed by atoms with van der Waals surface area (Å²) in [5.41, 5.74) is 4.56. The highest BCUT2D eigenvalue weighted by Crippen LogP contribution is 2.35. The molecule has 0 radical (unpaired) electrons. The summed E-state index contributed by atoms with van der Waals surface area (Å²) in [6.45, 7) is 10.3. The molecule has 0 fully saturated rings. The van der Waals surface area contributed by atoms with Crippen LogP contribution in [0.25, 0.3) is 0 Å². The zero-order chi connectivity index (χ0) is 11.1. The Kier molecular flexibility index (Phi) is 2.49. The number of hydrogen-bond acceptors (Lipinski definition) is 1. The average Bonchev–Trinajstić information content (AvgIpc) is 2.15. The second kappa shape index (κ2) is 3.55. The molecule has 1 aliphatic heterocycles. The van der Waals surface area contributed by atoms with Crippen molar-refractivity contribution in [3.05, 3.63) is 29.3 Å². The third kappa shape index (κ3) is 2.17. The number of benzene rings is 1. The third-order valence-electron chi connectivity index (χ3n) is 3.50. The first-order valence-corrected chi connectivity index (χ1v) is 5.80. The quantitative estimate of drug-likeness (QED) is 0.679. The van der Waals surface area contributed by atoms with Crippen molar-refractivity contribution in [3.63, 3.8) is 0 Å². The van der Waals surface area contributed by atoms with Crippen LogP contribution in [0.15, 0.2) is 18.2 Å². The molecular formula is C14H21N. The van der Waals surface area contributed by atoms with Crippen molar-refractivity contribution >= 4 is 5.69 Å². The van der Waals surface area contributed by atoms with Crippen LogP contribution in [0.3, 0.4) is 0 Å². The maximum Gasteiger partial charge on any atom is 0.0375 e. The van der Waals surface area contributed by atoms with Crippen molar-refractivity contribution in [1.29, 1.82) is 0 Å². The SMILES string of the molecule is Cc1ccc2c(c1)NCC(C(C)(C)C)C2. The lowest BCUT2D eigenvalue weighted by Gasteiger charge is -2.35. The summed E-state index contributed by atoms with van der Waals surface area (Å²) in [6.07, 6.45) is 1.21. The van der Waals surface area contributed by atoms with Crippen LogP contribution >= 0.6 is 0 Å². The standard InChI is InChI=1S/C14H21N/c1-10-5-6-11-8-12(14(2,3)4)9-15-13(11)7-10/h5-7,12,15H,8-9H2,1-4H3. The van der Waals surface area contributed by atoms with Crippen molar-refractivity contribution in [1.82, 2.24) is 0 Å². The zero-order valence-corrected chi connectivity index (χ0v) is 10.2. The van der Waals surface area contributed by atoms with E-state index in [4.69, 9.17) is 0 Å². The summed E-state index contributed by atoms with van der Waals surface area (Å²) in [5.74, 6) is 0.743. The molecule has 1 aromatic carbocycles. The van der Waals surface area contributed by atoms with Gasteiger partial charge in [0.2, 0.25) is 0 Å². The van der Waals surface area contributed by atoms with Gasteiger partial charge < -0.3 is 5.32 Å². The largest absolute Gasteiger partial charge is 0.385 e. The summed E-state index contributed by atoms with van der Waals surface area (Å²) in [5, 5.41) is 3.56. The molecule has 2 rings (SSSR count). The van der Waals surface area contributed by atoms with E-state index >= 15 is 0 Å². The fourth-order valence-corrected chi connectivity index (χ4v) is 2.22. The molecule has 1 nitrogen and oxygen atoms in total. The molecule has 0 saturated carbocycles. The van der Waals surface area contributed by atoms with E-state index in [1.54, 1.807) is 0 Å². The maximum atomic E-state index is 3.56. The molecule has 82 valence electrons. The highest BCUT2D eigenvalue weighted by molar-refractivity contribution is 5.55. The van der Waals surface area contributed by atoms with Crippen molar-refractivity contribution in [3.8, 4) is 0 Å². The van der Waals surface area contributed by atoms with Crippen LogP contribution in [0.1, 0.15) is 31.9 Å². The Morgan fingerprint density at radius 1 is 1.27 bits per heavy atom. The summed E-state index contributed by atoms with van der Waals surface area (Å²) in [6, 6.07) is 6.75. The highest BCUT2D eigenvalue weighted by atomic mass is 14.9. The summed E-state index contributed by atoms with van der Waals surface area (Å²) < 4.78 is 0. The topological polar surface area (TPSA) is 12.0 Å². The summed E-state index contributed by atoms with van der Waals surface area (Å²) in [4.78, 5) is 0. The molecular weight excluding hydrogens is 182 g/mol. The maximum absolute atomic E-state index is 3.56. The number of hydrogen-bond donors (Lipinski definition) is 1. The molecule has 1 aliphatic rings. The van der Waals surface area contributed by atoms with Crippen LogP contribution in [0.2, 0.25) is 0 Å². The first kappa shape index (κ1) is 10.5. The van der Waals surface area contributed by atoms with Gasteiger partial charge in [0, 0.05) is 12.2 Å². The molecule has 1 heteroatoms. The van der Waals surface area contributed by atoms with E-state index in [1.807, 2.05) is 0 Å². The molecule has 0 amide bonds. The molecule has 0 aromatic heterocycles. The number of rotatable bonds is 0. The van der Waals surface area contributed by atoms with Crippen molar-refractivity contribution in [2.75, 3.05) is 11.9 Å². The van der Waals surface area contributed by atoms with Crippen molar-refractivity contribution in [2.24, 2.45) is 11.3 Å². The van der Waals surface area contributed by atoms with Gasteiger partial charge in [0.15, 0.2) is 0 Å². The fraction of sp³-hybridized carbons (Fsp3) is 0.571. The lowest BCUT2D eigenvalue weighted by molar-refractivity contribution is 0.247. The predicted octanol–water partition coefficient (Wildman–Crippen LogP) is 3.63. The molecule has 0 spiro atoms. The predicted molar refractivity (Wildman–Crippen MR) is 66.3 cm³/mol. The van der Waals surface area contributed by atoms with Gasteiger partial charge in [-0.2, -0.15) is 0 Å². The van der Waals surface area contributed by atoms with E-state index in [0.29, 0.717) is 5.41 Å². The average molecular weight is 203 g/mol. The zero-order valence-electron chi connectivity index (χ0n) is 10.2. The molecule has 1 heterocycles. The van der Waals surface area contributed by atoms with Gasteiger partial charge in [-0.15, -0.1) is 0 Å². The molecule has 1 aromatic rings. The van der Waals surface area contributed by atoms with Gasteiger partial charge in [-0.1, -0.05) is 32.9 Å². The summed E-state index contributed by atoms with van der Waals surface area (Å²) >= 11 is 0. The first-order chi connectivity index (χ1) is 6.97. The second-order valence-electron chi connectivity index (χ2n) is 5.81. The summed E-state index contributed by atoms with van der Waals surface area (Å²) in [7, 11) is 0. The van der Waals surface area contributed by atoms with Crippen LogP contribution in [0.4, 0.5) is 5.69 Å². The van der Waals surface area contributed by atoms with E-state index in [0.717, 1.165) is 12.5 Å². The number of aryl methyl sites for hydroxylation is 1. The Labute approximate surface area is 92.9 Å². The van der Waals surface area contributed by atoms with Crippen LogP contribution in [0, 0.1) is 18.3 Å². The molecule has 0 aliphatic carbocycles. The Morgan fingerprint density at radius 2 is 2.00 bits per heavy atom. The Morgan fingerprint density at radius 3 is 2.67 bits per heavy atom. The number of anilines is 1. The first-order valence-electron chi connectivity index (χ1n) is 5.80. The van der Waals surface area contributed by atoms with E-state index in [1.165, 1.54) is 23.2 Å². The van der Waals surface area contributed by atoms with Gasteiger partial charge in [0.05, 0.1) is 0 Å². The van der Waals surface area contributed by atoms with E-state index in [-0.39, 0.29) is 0 Å². The molecule has 15 heavy (non-hydrogen) atoms. The molecule has 0 bridgehead atoms. The third-order valence-corrected chi connectivity index (χ3v) is 3.50. The monoisotopic (exact) mass is 203 g/mol. The Hall–Kier alpha value is -0.980. The minimum absolute atomic E-state index is 0.398. The number of nitrogens with one attached hydrogen (secondary N) is 1. The Balaban J connectivity index is 2.24. The van der Waals surface area contributed by atoms with Crippen LogP contribution < -0.4 is 5.32 Å². The lowest BCUT2D eigenvalue weighted by Crippen LogP contribution is -2.33. The van der Waals surface area contributed by atoms with E-state index < -0.39 is 0 Å². The van der Waals surface area contributed by atoms with Crippen molar-refractivity contribution in [2.45, 2.75) is 34.1 Å². The van der Waals surface area contributed by atoms with E-state index in [2.05, 4.69) is 51.2 Å². The van der Waals surface area contributed by atoms with Crippen molar-refractivity contribution < 1.29 is 0 Å². The lowest BCUT2D eigenvalue weighted by atomic mass is 9.75. The highest BCUT2D eigenvalue weighted by Gasteiger charge is 2.28. The fourth-order valence-electron chi connectivity index (χ4n) is 2.22. The molecule has 0 saturated heterocycles. The second-order valence-corrected chi connectivity index (χ2v) is 5.81. The molecule has 1 N–H and O–H groups in total. The van der Waals surface area contributed by atoms with E-state index in [9.17, 15) is 0 Å². The van der Waals surface area contributed by atoms with Gasteiger partial charge in [0.25, 0.3) is 0 Å². The van der Waals surface area contributed by atoms with Gasteiger partial charge in [-0.3, -0.25) is 0 Å². The minimum Gasteiger partial charge on any atom is -0.385 e. The molecule has 1 unspecified atom stereocenters. The van der Waals surface area contributed by atoms with Crippen LogP contribution in [0.5, 0.6) is 0 Å². The van der Waals surface area contributed by atoms with Crippen LogP contribution in [-0.2, 0) is 6.42 Å². The Bertz CT molecular complexity index is 360. The normalized spacial score (nSPS) is 20.7.